The highest BCUT2D eigenvalue weighted by atomic mass is 32.1. The van der Waals surface area contributed by atoms with E-state index in [1.54, 1.807) is 29.8 Å². The van der Waals surface area contributed by atoms with Crippen LogP contribution >= 0.6 is 22.7 Å². The third kappa shape index (κ3) is 3.98. The maximum absolute atomic E-state index is 13.0. The van der Waals surface area contributed by atoms with Crippen LogP contribution in [-0.2, 0) is 24.1 Å². The van der Waals surface area contributed by atoms with Crippen LogP contribution in [0.4, 0.5) is 5.00 Å². The lowest BCUT2D eigenvalue weighted by Crippen LogP contribution is -2.14. The van der Waals surface area contributed by atoms with E-state index in [4.69, 9.17) is 9.72 Å². The Balaban J connectivity index is 1.47. The quantitative estimate of drug-likeness (QED) is 0.384. The topological polar surface area (TPSA) is 51.2 Å². The lowest BCUT2D eigenvalue weighted by Gasteiger charge is -2.12. The van der Waals surface area contributed by atoms with E-state index >= 15 is 0 Å². The molecule has 1 aliphatic rings. The minimum Gasteiger partial charge on any atom is -0.496 e. The van der Waals surface area contributed by atoms with Gasteiger partial charge in [0, 0.05) is 10.4 Å². The molecule has 2 aromatic heterocycles. The first-order valence-electron chi connectivity index (χ1n) is 10.6. The third-order valence-corrected chi connectivity index (χ3v) is 8.02. The minimum absolute atomic E-state index is 0.00512. The van der Waals surface area contributed by atoms with Crippen molar-refractivity contribution in [2.45, 2.75) is 39.0 Å². The van der Waals surface area contributed by atoms with Crippen LogP contribution in [0, 0.1) is 6.92 Å². The number of methoxy groups -OCH3 is 1. The summed E-state index contributed by atoms with van der Waals surface area (Å²) in [7, 11) is 1.66. The first-order chi connectivity index (χ1) is 15.1. The zero-order chi connectivity index (χ0) is 21.4. The molecule has 1 amide bonds. The number of rotatable bonds is 5. The van der Waals surface area contributed by atoms with E-state index in [-0.39, 0.29) is 5.91 Å². The number of thiophene rings is 1. The summed E-state index contributed by atoms with van der Waals surface area (Å²) < 4.78 is 6.51. The van der Waals surface area contributed by atoms with Crippen LogP contribution in [0.3, 0.4) is 0 Å². The van der Waals surface area contributed by atoms with Gasteiger partial charge in [-0.1, -0.05) is 24.3 Å². The number of carbonyl (C=O) groups is 1. The van der Waals surface area contributed by atoms with Gasteiger partial charge in [-0.25, -0.2) is 4.98 Å². The van der Waals surface area contributed by atoms with E-state index in [0.717, 1.165) is 50.8 Å². The van der Waals surface area contributed by atoms with Crippen LogP contribution in [-0.4, -0.2) is 18.0 Å². The standard InChI is InChI=1S/C25H24N2O2S2/c1-15-13-16(11-12-19(15)29-2)14-22(28)27-25-23(17-7-3-5-9-20(17)30-25)24-26-18-8-4-6-10-21(18)31-24/h4,6,8,10-13H,3,5,7,9,14H2,1-2H3,(H,27,28). The number of nitrogens with zero attached hydrogens (tertiary/aromatic N) is 1. The molecule has 2 heterocycles. The largest absolute Gasteiger partial charge is 0.496 e. The molecule has 6 heteroatoms. The number of aryl methyl sites for hydroxylation is 2. The number of nitrogens with one attached hydrogen (secondary N) is 1. The van der Waals surface area contributed by atoms with Crippen molar-refractivity contribution in [3.8, 4) is 16.3 Å². The van der Waals surface area contributed by atoms with Crippen molar-refractivity contribution >= 4 is 43.8 Å². The summed E-state index contributed by atoms with van der Waals surface area (Å²) in [6.07, 6.45) is 4.90. The fourth-order valence-corrected chi connectivity index (χ4v) is 6.68. The summed E-state index contributed by atoms with van der Waals surface area (Å²) in [4.78, 5) is 19.3. The van der Waals surface area contributed by atoms with Crippen molar-refractivity contribution in [1.29, 1.82) is 0 Å². The van der Waals surface area contributed by atoms with E-state index in [0.29, 0.717) is 6.42 Å². The van der Waals surface area contributed by atoms with E-state index in [1.165, 1.54) is 28.0 Å². The maximum atomic E-state index is 13.0. The van der Waals surface area contributed by atoms with E-state index in [1.807, 2.05) is 37.3 Å². The molecule has 4 nitrogen and oxygen atoms in total. The highest BCUT2D eigenvalue weighted by Gasteiger charge is 2.25. The van der Waals surface area contributed by atoms with Crippen molar-refractivity contribution in [2.24, 2.45) is 0 Å². The van der Waals surface area contributed by atoms with Crippen molar-refractivity contribution in [2.75, 3.05) is 12.4 Å². The highest BCUT2D eigenvalue weighted by molar-refractivity contribution is 7.22. The van der Waals surface area contributed by atoms with Crippen LogP contribution in [0.2, 0.25) is 0 Å². The number of hydrogen-bond donors (Lipinski definition) is 1. The number of para-hydroxylation sites is 1. The number of hydrogen-bond acceptors (Lipinski definition) is 5. The van der Waals surface area contributed by atoms with E-state index in [2.05, 4.69) is 17.4 Å². The number of carbonyl (C=O) groups excluding carboxylic acids is 1. The molecule has 0 unspecified atom stereocenters. The molecule has 1 N–H and O–H groups in total. The average molecular weight is 449 g/mol. The lowest BCUT2D eigenvalue weighted by molar-refractivity contribution is -0.115. The first kappa shape index (κ1) is 20.2. The average Bonchev–Trinajstić information content (AvgIpc) is 3.34. The Morgan fingerprint density at radius 2 is 1.97 bits per heavy atom. The highest BCUT2D eigenvalue weighted by Crippen LogP contribution is 2.46. The van der Waals surface area contributed by atoms with Gasteiger partial charge in [0.05, 0.1) is 23.7 Å². The second-order valence-corrected chi connectivity index (χ2v) is 10.1. The van der Waals surface area contributed by atoms with Crippen LogP contribution in [0.15, 0.2) is 42.5 Å². The number of anilines is 1. The molecule has 0 fully saturated rings. The fourth-order valence-electron chi connectivity index (χ4n) is 4.27. The normalized spacial score (nSPS) is 13.2. The molecule has 2 aromatic carbocycles. The number of amides is 1. The van der Waals surface area contributed by atoms with Crippen molar-refractivity contribution < 1.29 is 9.53 Å². The molecule has 0 saturated heterocycles. The molecule has 0 bridgehead atoms. The monoisotopic (exact) mass is 448 g/mol. The van der Waals surface area contributed by atoms with Crippen LogP contribution in [0.5, 0.6) is 5.75 Å². The van der Waals surface area contributed by atoms with Crippen LogP contribution in [0.25, 0.3) is 20.8 Å². The summed E-state index contributed by atoms with van der Waals surface area (Å²) in [6, 6.07) is 14.1. The first-order valence-corrected chi connectivity index (χ1v) is 12.2. The van der Waals surface area contributed by atoms with Gasteiger partial charge in [0.25, 0.3) is 0 Å². The van der Waals surface area contributed by atoms with Crippen molar-refractivity contribution in [1.82, 2.24) is 4.98 Å². The van der Waals surface area contributed by atoms with Gasteiger partial charge in [0.1, 0.15) is 15.8 Å². The number of fused-ring (bicyclic) bond motifs is 2. The minimum atomic E-state index is 0.00512. The summed E-state index contributed by atoms with van der Waals surface area (Å²) in [6.45, 7) is 2.00. The Labute approximate surface area is 189 Å². The molecule has 0 radical (unpaired) electrons. The Morgan fingerprint density at radius 3 is 2.77 bits per heavy atom. The van der Waals surface area contributed by atoms with Gasteiger partial charge in [-0.05, 0) is 67.5 Å². The van der Waals surface area contributed by atoms with Gasteiger partial charge in [-0.15, -0.1) is 22.7 Å². The molecular formula is C25H24N2O2S2. The number of benzene rings is 2. The summed E-state index contributed by atoms with van der Waals surface area (Å²) in [5.74, 6) is 0.846. The van der Waals surface area contributed by atoms with Crippen LogP contribution in [0.1, 0.15) is 34.4 Å². The lowest BCUT2D eigenvalue weighted by atomic mass is 9.95. The van der Waals surface area contributed by atoms with E-state index in [9.17, 15) is 4.79 Å². The smallest absolute Gasteiger partial charge is 0.229 e. The van der Waals surface area contributed by atoms with Crippen molar-refractivity contribution in [3.05, 3.63) is 64.0 Å². The van der Waals surface area contributed by atoms with Gasteiger partial charge >= 0.3 is 0 Å². The number of ether oxygens (including phenoxy) is 1. The second kappa shape index (κ2) is 8.44. The summed E-state index contributed by atoms with van der Waals surface area (Å²) >= 11 is 3.44. The molecule has 1 aliphatic carbocycles. The zero-order valence-electron chi connectivity index (χ0n) is 17.7. The molecule has 0 spiro atoms. The summed E-state index contributed by atoms with van der Waals surface area (Å²) in [5, 5.41) is 5.18. The zero-order valence-corrected chi connectivity index (χ0v) is 19.3. The Hall–Kier alpha value is -2.70. The molecule has 5 rings (SSSR count). The molecule has 4 aromatic rings. The van der Waals surface area contributed by atoms with E-state index < -0.39 is 0 Å². The molecule has 31 heavy (non-hydrogen) atoms. The van der Waals surface area contributed by atoms with Crippen LogP contribution < -0.4 is 10.1 Å². The number of aromatic nitrogens is 1. The Kier molecular flexibility index (Phi) is 5.50. The predicted octanol–water partition coefficient (Wildman–Crippen LogP) is 6.40. The maximum Gasteiger partial charge on any atom is 0.229 e. The van der Waals surface area contributed by atoms with Gasteiger partial charge in [0.2, 0.25) is 5.91 Å². The Bertz CT molecular complexity index is 1240. The predicted molar refractivity (Wildman–Crippen MR) is 130 cm³/mol. The Morgan fingerprint density at radius 1 is 1.13 bits per heavy atom. The summed E-state index contributed by atoms with van der Waals surface area (Å²) in [5.41, 5.74) is 5.56. The molecule has 0 aliphatic heterocycles. The molecule has 158 valence electrons. The SMILES string of the molecule is COc1ccc(CC(=O)Nc2sc3c(c2-c2nc4ccccc4s2)CCCC3)cc1C. The second-order valence-electron chi connectivity index (χ2n) is 7.93. The number of thiazole rings is 1. The van der Waals surface area contributed by atoms with Gasteiger partial charge in [0.15, 0.2) is 0 Å². The van der Waals surface area contributed by atoms with Crippen molar-refractivity contribution in [3.63, 3.8) is 0 Å². The molecule has 0 saturated carbocycles. The van der Waals surface area contributed by atoms with Gasteiger partial charge < -0.3 is 10.1 Å². The fraction of sp³-hybridized carbons (Fsp3) is 0.280. The van der Waals surface area contributed by atoms with Gasteiger partial charge in [-0.3, -0.25) is 4.79 Å². The van der Waals surface area contributed by atoms with Gasteiger partial charge in [-0.2, -0.15) is 0 Å². The molecular weight excluding hydrogens is 424 g/mol. The molecule has 0 atom stereocenters. The third-order valence-electron chi connectivity index (χ3n) is 5.76.